The Morgan fingerprint density at radius 1 is 0.957 bits per heavy atom. The normalized spacial score (nSPS) is 37.4. The van der Waals surface area contributed by atoms with E-state index in [9.17, 15) is 13.2 Å². The Bertz CT molecular complexity index is 593. The standard InChI is InChI=1S/C17H26N2O3S/c20-17(16-12-13-1-2-14(16)11-13)19-7-5-18(6-8-19)15-3-9-23(21,22)10-4-15/h1-2,13-16H,3-12H2. The van der Waals surface area contributed by atoms with Crippen LogP contribution in [-0.4, -0.2) is 67.9 Å². The Morgan fingerprint density at radius 3 is 2.22 bits per heavy atom. The minimum atomic E-state index is -2.79. The number of fused-ring (bicyclic) bond motifs is 2. The monoisotopic (exact) mass is 338 g/mol. The van der Waals surface area contributed by atoms with Crippen LogP contribution in [0.4, 0.5) is 0 Å². The minimum absolute atomic E-state index is 0.219. The molecule has 0 aromatic carbocycles. The molecular weight excluding hydrogens is 312 g/mol. The summed E-state index contributed by atoms with van der Waals surface area (Å²) < 4.78 is 23.1. The Balaban J connectivity index is 1.29. The SMILES string of the molecule is O=C(C1CC2C=CC1C2)N1CCN(C2CCS(=O)(=O)CC2)CC1. The van der Waals surface area contributed by atoms with Crippen molar-refractivity contribution >= 4 is 15.7 Å². The van der Waals surface area contributed by atoms with E-state index in [0.29, 0.717) is 35.3 Å². The summed E-state index contributed by atoms with van der Waals surface area (Å²) in [4.78, 5) is 17.2. The molecular formula is C17H26N2O3S. The lowest BCUT2D eigenvalue weighted by molar-refractivity contribution is -0.138. The number of hydrogen-bond acceptors (Lipinski definition) is 4. The van der Waals surface area contributed by atoms with Crippen molar-refractivity contribution in [2.24, 2.45) is 17.8 Å². The molecule has 4 aliphatic rings. The molecule has 2 aliphatic heterocycles. The number of rotatable bonds is 2. The van der Waals surface area contributed by atoms with Crippen LogP contribution in [0, 0.1) is 17.8 Å². The van der Waals surface area contributed by atoms with Gasteiger partial charge in [-0.2, -0.15) is 0 Å². The number of nitrogens with zero attached hydrogens (tertiary/aromatic N) is 2. The van der Waals surface area contributed by atoms with E-state index in [2.05, 4.69) is 22.0 Å². The molecule has 4 rings (SSSR count). The van der Waals surface area contributed by atoms with Gasteiger partial charge in [-0.15, -0.1) is 0 Å². The van der Waals surface area contributed by atoms with Gasteiger partial charge in [-0.3, -0.25) is 9.69 Å². The van der Waals surface area contributed by atoms with E-state index in [-0.39, 0.29) is 5.92 Å². The van der Waals surface area contributed by atoms with Crippen molar-refractivity contribution in [2.75, 3.05) is 37.7 Å². The summed E-state index contributed by atoms with van der Waals surface area (Å²) in [6, 6.07) is 0.390. The number of allylic oxidation sites excluding steroid dienone is 2. The van der Waals surface area contributed by atoms with Gasteiger partial charge in [0.1, 0.15) is 9.84 Å². The first-order chi connectivity index (χ1) is 11.0. The topological polar surface area (TPSA) is 57.7 Å². The van der Waals surface area contributed by atoms with Gasteiger partial charge in [-0.1, -0.05) is 12.2 Å². The molecule has 2 heterocycles. The van der Waals surface area contributed by atoms with Crippen LogP contribution < -0.4 is 0 Å². The average molecular weight is 338 g/mol. The van der Waals surface area contributed by atoms with Crippen molar-refractivity contribution in [3.05, 3.63) is 12.2 Å². The number of amides is 1. The van der Waals surface area contributed by atoms with E-state index in [1.54, 1.807) is 0 Å². The van der Waals surface area contributed by atoms with Gasteiger partial charge < -0.3 is 4.90 Å². The molecule has 2 aliphatic carbocycles. The summed E-state index contributed by atoms with van der Waals surface area (Å²) >= 11 is 0. The van der Waals surface area contributed by atoms with E-state index in [4.69, 9.17) is 0 Å². The van der Waals surface area contributed by atoms with Crippen LogP contribution in [0.15, 0.2) is 12.2 Å². The number of piperazine rings is 1. The zero-order chi connectivity index (χ0) is 16.0. The molecule has 6 heteroatoms. The maximum atomic E-state index is 12.8. The molecule has 0 aromatic rings. The van der Waals surface area contributed by atoms with E-state index in [0.717, 1.165) is 45.4 Å². The quantitative estimate of drug-likeness (QED) is 0.703. The highest BCUT2D eigenvalue weighted by molar-refractivity contribution is 7.91. The lowest BCUT2D eigenvalue weighted by atomic mass is 9.92. The third kappa shape index (κ3) is 3.07. The Hall–Kier alpha value is -0.880. The number of sulfone groups is 1. The second-order valence-electron chi connectivity index (χ2n) is 7.63. The summed E-state index contributed by atoms with van der Waals surface area (Å²) in [5, 5.41) is 0. The third-order valence-electron chi connectivity index (χ3n) is 6.26. The summed E-state index contributed by atoms with van der Waals surface area (Å²) in [6.07, 6.45) is 8.26. The molecule has 2 saturated heterocycles. The zero-order valence-electron chi connectivity index (χ0n) is 13.6. The van der Waals surface area contributed by atoms with Gasteiger partial charge in [0.15, 0.2) is 0 Å². The Kier molecular flexibility index (Phi) is 4.00. The molecule has 0 aromatic heterocycles. The van der Waals surface area contributed by atoms with Crippen molar-refractivity contribution in [3.8, 4) is 0 Å². The second-order valence-corrected chi connectivity index (χ2v) is 9.93. The van der Waals surface area contributed by atoms with Crippen LogP contribution in [0.25, 0.3) is 0 Å². The van der Waals surface area contributed by atoms with Crippen molar-refractivity contribution in [3.63, 3.8) is 0 Å². The van der Waals surface area contributed by atoms with Gasteiger partial charge in [0.05, 0.1) is 11.5 Å². The fourth-order valence-electron chi connectivity index (χ4n) is 4.85. The predicted molar refractivity (Wildman–Crippen MR) is 88.7 cm³/mol. The number of hydrogen-bond donors (Lipinski definition) is 0. The molecule has 23 heavy (non-hydrogen) atoms. The molecule has 5 nitrogen and oxygen atoms in total. The molecule has 3 atom stereocenters. The number of carbonyl (C=O) groups is 1. The van der Waals surface area contributed by atoms with Crippen molar-refractivity contribution in [2.45, 2.75) is 31.7 Å². The van der Waals surface area contributed by atoms with Gasteiger partial charge in [0.25, 0.3) is 0 Å². The summed E-state index contributed by atoms with van der Waals surface area (Å²) in [5.74, 6) is 2.35. The highest BCUT2D eigenvalue weighted by Crippen LogP contribution is 2.44. The first-order valence-electron chi connectivity index (χ1n) is 8.93. The molecule has 0 spiro atoms. The van der Waals surface area contributed by atoms with Crippen LogP contribution in [-0.2, 0) is 14.6 Å². The molecule has 0 radical (unpaired) electrons. The van der Waals surface area contributed by atoms with Crippen molar-refractivity contribution in [1.29, 1.82) is 0 Å². The molecule has 128 valence electrons. The largest absolute Gasteiger partial charge is 0.340 e. The molecule has 0 N–H and O–H groups in total. The fraction of sp³-hybridized carbons (Fsp3) is 0.824. The average Bonchev–Trinajstić information content (AvgIpc) is 3.17. The van der Waals surface area contributed by atoms with Crippen LogP contribution in [0.5, 0.6) is 0 Å². The maximum Gasteiger partial charge on any atom is 0.226 e. The summed E-state index contributed by atoms with van der Waals surface area (Å²) in [7, 11) is -2.79. The minimum Gasteiger partial charge on any atom is -0.340 e. The highest BCUT2D eigenvalue weighted by Gasteiger charge is 2.42. The molecule has 1 saturated carbocycles. The molecule has 2 bridgehead atoms. The fourth-order valence-corrected chi connectivity index (χ4v) is 6.32. The lowest BCUT2D eigenvalue weighted by Gasteiger charge is -2.41. The van der Waals surface area contributed by atoms with Crippen LogP contribution in [0.3, 0.4) is 0 Å². The van der Waals surface area contributed by atoms with Crippen molar-refractivity contribution < 1.29 is 13.2 Å². The predicted octanol–water partition coefficient (Wildman–Crippen LogP) is 0.920. The summed E-state index contributed by atoms with van der Waals surface area (Å²) in [5.41, 5.74) is 0. The van der Waals surface area contributed by atoms with E-state index >= 15 is 0 Å². The first kappa shape index (κ1) is 15.6. The second kappa shape index (κ2) is 5.88. The third-order valence-corrected chi connectivity index (χ3v) is 7.98. The van der Waals surface area contributed by atoms with Crippen LogP contribution in [0.1, 0.15) is 25.7 Å². The van der Waals surface area contributed by atoms with Gasteiger partial charge >= 0.3 is 0 Å². The molecule has 3 fully saturated rings. The van der Waals surface area contributed by atoms with Crippen LogP contribution >= 0.6 is 0 Å². The highest BCUT2D eigenvalue weighted by atomic mass is 32.2. The van der Waals surface area contributed by atoms with E-state index in [1.807, 2.05) is 0 Å². The van der Waals surface area contributed by atoms with E-state index < -0.39 is 9.84 Å². The Morgan fingerprint density at radius 2 is 1.65 bits per heavy atom. The van der Waals surface area contributed by atoms with Gasteiger partial charge in [-0.05, 0) is 37.5 Å². The zero-order valence-corrected chi connectivity index (χ0v) is 14.4. The first-order valence-corrected chi connectivity index (χ1v) is 10.8. The number of carbonyl (C=O) groups excluding carboxylic acids is 1. The smallest absolute Gasteiger partial charge is 0.226 e. The van der Waals surface area contributed by atoms with Gasteiger partial charge in [0.2, 0.25) is 5.91 Å². The van der Waals surface area contributed by atoms with E-state index in [1.165, 1.54) is 6.42 Å². The molecule has 1 amide bonds. The summed E-state index contributed by atoms with van der Waals surface area (Å²) in [6.45, 7) is 3.40. The Labute approximate surface area is 138 Å². The lowest BCUT2D eigenvalue weighted by Crippen LogP contribution is -2.54. The van der Waals surface area contributed by atoms with Gasteiger partial charge in [0, 0.05) is 38.1 Å². The van der Waals surface area contributed by atoms with Crippen LogP contribution in [0.2, 0.25) is 0 Å². The van der Waals surface area contributed by atoms with Gasteiger partial charge in [-0.25, -0.2) is 8.42 Å². The van der Waals surface area contributed by atoms with Crippen molar-refractivity contribution in [1.82, 2.24) is 9.80 Å². The molecule has 3 unspecified atom stereocenters. The maximum absolute atomic E-state index is 12.8.